The molecule has 0 heterocycles. The highest BCUT2D eigenvalue weighted by atomic mass is 35.5. The number of carbonyl (C=O) groups excluding carboxylic acids is 1. The van der Waals surface area contributed by atoms with Gasteiger partial charge in [-0.15, -0.1) is 0 Å². The lowest BCUT2D eigenvalue weighted by Crippen LogP contribution is -2.40. The van der Waals surface area contributed by atoms with Gasteiger partial charge in [0.2, 0.25) is 0 Å². The van der Waals surface area contributed by atoms with Gasteiger partial charge >= 0.3 is 0 Å². The predicted octanol–water partition coefficient (Wildman–Crippen LogP) is 2.47. The molecule has 1 aromatic carbocycles. The smallest absolute Gasteiger partial charge is 0.252 e. The van der Waals surface area contributed by atoms with Crippen molar-refractivity contribution in [2.75, 3.05) is 18.9 Å². The number of halogens is 1. The predicted molar refractivity (Wildman–Crippen MR) is 73.9 cm³/mol. The number of nitrogen functional groups attached to an aromatic ring is 1. The molecule has 0 spiro atoms. The number of rotatable bonds is 5. The van der Waals surface area contributed by atoms with Crippen LogP contribution < -0.4 is 11.1 Å². The van der Waals surface area contributed by atoms with Gasteiger partial charge in [-0.1, -0.05) is 11.6 Å². The van der Waals surface area contributed by atoms with Crippen LogP contribution in [-0.4, -0.2) is 24.7 Å². The molecule has 0 aromatic heterocycles. The Bertz CT molecular complexity index is 433. The van der Waals surface area contributed by atoms with Crippen LogP contribution in [0.15, 0.2) is 18.2 Å². The molecule has 0 aliphatic carbocycles. The number of hydrogen-bond donors (Lipinski definition) is 2. The van der Waals surface area contributed by atoms with E-state index in [9.17, 15) is 4.79 Å². The van der Waals surface area contributed by atoms with Crippen LogP contribution in [0.3, 0.4) is 0 Å². The zero-order valence-electron chi connectivity index (χ0n) is 10.9. The Morgan fingerprint density at radius 3 is 2.78 bits per heavy atom. The number of anilines is 1. The van der Waals surface area contributed by atoms with E-state index in [0.717, 1.165) is 0 Å². The molecule has 0 fully saturated rings. The lowest BCUT2D eigenvalue weighted by atomic mass is 10.1. The lowest BCUT2D eigenvalue weighted by Gasteiger charge is -2.25. The van der Waals surface area contributed by atoms with E-state index in [1.54, 1.807) is 18.2 Å². The number of amides is 1. The molecule has 0 bridgehead atoms. The summed E-state index contributed by atoms with van der Waals surface area (Å²) in [5.41, 5.74) is 6.11. The van der Waals surface area contributed by atoms with Gasteiger partial charge in [0.15, 0.2) is 0 Å². The first-order valence-electron chi connectivity index (χ1n) is 5.83. The lowest BCUT2D eigenvalue weighted by molar-refractivity contribution is -0.00815. The van der Waals surface area contributed by atoms with Gasteiger partial charge in [-0.3, -0.25) is 4.79 Å². The van der Waals surface area contributed by atoms with Crippen molar-refractivity contribution < 1.29 is 9.53 Å². The van der Waals surface area contributed by atoms with E-state index >= 15 is 0 Å². The van der Waals surface area contributed by atoms with Crippen molar-refractivity contribution in [3.05, 3.63) is 28.8 Å². The van der Waals surface area contributed by atoms with Gasteiger partial charge in [-0.2, -0.15) is 0 Å². The number of hydrogen-bond acceptors (Lipinski definition) is 3. The molecule has 100 valence electrons. The van der Waals surface area contributed by atoms with Crippen LogP contribution >= 0.6 is 11.6 Å². The Morgan fingerprint density at radius 2 is 2.17 bits per heavy atom. The van der Waals surface area contributed by atoms with Gasteiger partial charge in [0.25, 0.3) is 5.91 Å². The molecular weight excluding hydrogens is 252 g/mol. The maximum atomic E-state index is 12.0. The second-order valence-corrected chi connectivity index (χ2v) is 5.02. The molecule has 1 aromatic rings. The normalized spacial score (nSPS) is 11.3. The van der Waals surface area contributed by atoms with E-state index in [4.69, 9.17) is 22.1 Å². The molecule has 4 nitrogen and oxygen atoms in total. The van der Waals surface area contributed by atoms with Crippen molar-refractivity contribution in [2.45, 2.75) is 26.4 Å². The highest BCUT2D eigenvalue weighted by Gasteiger charge is 2.19. The number of carbonyl (C=O) groups is 1. The Hall–Kier alpha value is -1.26. The van der Waals surface area contributed by atoms with Gasteiger partial charge in [-0.05, 0) is 39.0 Å². The molecule has 1 amide bonds. The van der Waals surface area contributed by atoms with Crippen molar-refractivity contribution in [1.29, 1.82) is 0 Å². The molecule has 0 aliphatic heterocycles. The average Bonchev–Trinajstić information content (AvgIpc) is 2.29. The van der Waals surface area contributed by atoms with Gasteiger partial charge in [0.05, 0.1) is 16.2 Å². The SMILES string of the molecule is CCOC(C)(C)CNC(=O)c1cc(N)ccc1Cl. The third-order valence-electron chi connectivity index (χ3n) is 2.44. The molecule has 0 saturated heterocycles. The summed E-state index contributed by atoms with van der Waals surface area (Å²) in [5, 5.41) is 3.17. The van der Waals surface area contributed by atoms with Crippen molar-refractivity contribution in [3.63, 3.8) is 0 Å². The Labute approximate surface area is 112 Å². The summed E-state index contributed by atoms with van der Waals surface area (Å²) in [6.45, 7) is 6.75. The largest absolute Gasteiger partial charge is 0.399 e. The number of nitrogens with two attached hydrogens (primary N) is 1. The van der Waals surface area contributed by atoms with E-state index in [-0.39, 0.29) is 5.91 Å². The Balaban J connectivity index is 2.69. The van der Waals surface area contributed by atoms with E-state index in [0.29, 0.717) is 29.4 Å². The fourth-order valence-corrected chi connectivity index (χ4v) is 1.75. The molecule has 1 rings (SSSR count). The van der Waals surface area contributed by atoms with E-state index in [1.165, 1.54) is 0 Å². The molecule has 0 saturated carbocycles. The zero-order valence-corrected chi connectivity index (χ0v) is 11.7. The van der Waals surface area contributed by atoms with Gasteiger partial charge in [0, 0.05) is 18.8 Å². The summed E-state index contributed by atoms with van der Waals surface area (Å²) in [6.07, 6.45) is 0. The number of nitrogens with one attached hydrogen (secondary N) is 1. The molecular formula is C13H19ClN2O2. The Kier molecular flexibility index (Phi) is 4.99. The summed E-state index contributed by atoms with van der Waals surface area (Å²) in [4.78, 5) is 12.0. The van der Waals surface area contributed by atoms with Crippen LogP contribution in [0, 0.1) is 0 Å². The van der Waals surface area contributed by atoms with Crippen LogP contribution in [0.4, 0.5) is 5.69 Å². The standard InChI is InChI=1S/C13H19ClN2O2/c1-4-18-13(2,3)8-16-12(17)10-7-9(15)5-6-11(10)14/h5-7H,4,8,15H2,1-3H3,(H,16,17). The quantitative estimate of drug-likeness (QED) is 0.808. The van der Waals surface area contributed by atoms with Crippen molar-refractivity contribution in [1.82, 2.24) is 5.32 Å². The topological polar surface area (TPSA) is 64.3 Å². The highest BCUT2D eigenvalue weighted by molar-refractivity contribution is 6.34. The first-order valence-corrected chi connectivity index (χ1v) is 6.20. The third-order valence-corrected chi connectivity index (χ3v) is 2.77. The molecule has 0 unspecified atom stereocenters. The minimum absolute atomic E-state index is 0.250. The van der Waals surface area contributed by atoms with Crippen molar-refractivity contribution in [2.24, 2.45) is 0 Å². The maximum Gasteiger partial charge on any atom is 0.252 e. The van der Waals surface area contributed by atoms with Gasteiger partial charge in [-0.25, -0.2) is 0 Å². The molecule has 5 heteroatoms. The van der Waals surface area contributed by atoms with Crippen molar-refractivity contribution >= 4 is 23.2 Å². The molecule has 0 aliphatic rings. The van der Waals surface area contributed by atoms with E-state index < -0.39 is 5.60 Å². The second kappa shape index (κ2) is 6.07. The fourth-order valence-electron chi connectivity index (χ4n) is 1.55. The van der Waals surface area contributed by atoms with Gasteiger partial charge in [0.1, 0.15) is 0 Å². The summed E-state index contributed by atoms with van der Waals surface area (Å²) < 4.78 is 5.50. The zero-order chi connectivity index (χ0) is 13.8. The first kappa shape index (κ1) is 14.8. The third kappa shape index (κ3) is 4.20. The monoisotopic (exact) mass is 270 g/mol. The summed E-state index contributed by atoms with van der Waals surface area (Å²) in [7, 11) is 0. The molecule has 18 heavy (non-hydrogen) atoms. The summed E-state index contributed by atoms with van der Waals surface area (Å²) in [6, 6.07) is 4.83. The highest BCUT2D eigenvalue weighted by Crippen LogP contribution is 2.19. The van der Waals surface area contributed by atoms with Crippen LogP contribution in [0.5, 0.6) is 0 Å². The summed E-state index contributed by atoms with van der Waals surface area (Å²) in [5.74, 6) is -0.250. The molecule has 0 atom stereocenters. The van der Waals surface area contributed by atoms with E-state index in [1.807, 2.05) is 20.8 Å². The minimum Gasteiger partial charge on any atom is -0.399 e. The average molecular weight is 271 g/mol. The Morgan fingerprint density at radius 1 is 1.50 bits per heavy atom. The maximum absolute atomic E-state index is 12.0. The van der Waals surface area contributed by atoms with Crippen molar-refractivity contribution in [3.8, 4) is 0 Å². The van der Waals surface area contributed by atoms with Crippen LogP contribution in [0.1, 0.15) is 31.1 Å². The molecule has 3 N–H and O–H groups in total. The molecule has 0 radical (unpaired) electrons. The van der Waals surface area contributed by atoms with Gasteiger partial charge < -0.3 is 15.8 Å². The number of benzene rings is 1. The van der Waals surface area contributed by atoms with Crippen LogP contribution in [0.25, 0.3) is 0 Å². The van der Waals surface area contributed by atoms with Crippen LogP contribution in [0.2, 0.25) is 5.02 Å². The van der Waals surface area contributed by atoms with Crippen LogP contribution in [-0.2, 0) is 4.74 Å². The minimum atomic E-state index is -0.406. The number of ether oxygens (including phenoxy) is 1. The second-order valence-electron chi connectivity index (χ2n) is 4.61. The summed E-state index contributed by atoms with van der Waals surface area (Å²) >= 11 is 5.95. The van der Waals surface area contributed by atoms with E-state index in [2.05, 4.69) is 5.32 Å². The fraction of sp³-hybridized carbons (Fsp3) is 0.462. The first-order chi connectivity index (χ1) is 8.35.